The van der Waals surface area contributed by atoms with Crippen LogP contribution >= 0.6 is 0 Å². The van der Waals surface area contributed by atoms with Gasteiger partial charge in [0.25, 0.3) is 0 Å². The highest BCUT2D eigenvalue weighted by molar-refractivity contribution is 5.82. The predicted molar refractivity (Wildman–Crippen MR) is 108 cm³/mol. The summed E-state index contributed by atoms with van der Waals surface area (Å²) < 4.78 is 17.4. The zero-order chi connectivity index (χ0) is 19.4. The maximum absolute atomic E-state index is 12.8. The molecule has 1 atom stereocenters. The standard InChI is InChI=1S/C23H26O4/c1-15(12-13-25-4)22-17(3)21(24)19-10-11-20(16(2)23(19)27-22)26-14-18-8-6-5-7-9-18/h5-11,15H,12-14H2,1-4H3. The summed E-state index contributed by atoms with van der Waals surface area (Å²) >= 11 is 0. The highest BCUT2D eigenvalue weighted by Crippen LogP contribution is 2.31. The van der Waals surface area contributed by atoms with Crippen LogP contribution in [-0.2, 0) is 11.3 Å². The van der Waals surface area contributed by atoms with E-state index in [1.54, 1.807) is 13.2 Å². The van der Waals surface area contributed by atoms with E-state index in [0.717, 1.165) is 29.1 Å². The molecule has 27 heavy (non-hydrogen) atoms. The lowest BCUT2D eigenvalue weighted by Crippen LogP contribution is -2.12. The Labute approximate surface area is 159 Å². The Kier molecular flexibility index (Phi) is 5.97. The van der Waals surface area contributed by atoms with Crippen LogP contribution in [0.3, 0.4) is 0 Å². The molecule has 0 fully saturated rings. The fourth-order valence-corrected chi connectivity index (χ4v) is 3.27. The molecule has 4 nitrogen and oxygen atoms in total. The summed E-state index contributed by atoms with van der Waals surface area (Å²) in [5.41, 5.74) is 3.24. The third kappa shape index (κ3) is 4.06. The van der Waals surface area contributed by atoms with Gasteiger partial charge in [-0.05, 0) is 38.0 Å². The van der Waals surface area contributed by atoms with Crippen LogP contribution < -0.4 is 10.2 Å². The third-order valence-electron chi connectivity index (χ3n) is 4.96. The Morgan fingerprint density at radius 3 is 2.48 bits per heavy atom. The van der Waals surface area contributed by atoms with Gasteiger partial charge >= 0.3 is 0 Å². The molecule has 0 aliphatic heterocycles. The normalized spacial score (nSPS) is 12.3. The molecule has 1 heterocycles. The van der Waals surface area contributed by atoms with Crippen molar-refractivity contribution in [1.82, 2.24) is 0 Å². The van der Waals surface area contributed by atoms with Gasteiger partial charge in [-0.25, -0.2) is 0 Å². The average molecular weight is 366 g/mol. The molecule has 1 aromatic heterocycles. The molecule has 0 saturated heterocycles. The molecular formula is C23H26O4. The van der Waals surface area contributed by atoms with Gasteiger partial charge in [-0.1, -0.05) is 37.3 Å². The lowest BCUT2D eigenvalue weighted by Gasteiger charge is -2.16. The maximum Gasteiger partial charge on any atom is 0.195 e. The molecule has 4 heteroatoms. The maximum atomic E-state index is 12.8. The van der Waals surface area contributed by atoms with Crippen molar-refractivity contribution in [3.05, 3.63) is 75.1 Å². The Bertz CT molecular complexity index is 973. The average Bonchev–Trinajstić information content (AvgIpc) is 2.69. The topological polar surface area (TPSA) is 48.7 Å². The molecule has 1 unspecified atom stereocenters. The Balaban J connectivity index is 1.98. The van der Waals surface area contributed by atoms with Gasteiger partial charge in [-0.2, -0.15) is 0 Å². The van der Waals surface area contributed by atoms with E-state index in [-0.39, 0.29) is 11.3 Å². The van der Waals surface area contributed by atoms with E-state index >= 15 is 0 Å². The second-order valence-corrected chi connectivity index (χ2v) is 6.94. The minimum absolute atomic E-state index is 0.0215. The number of hydrogen-bond donors (Lipinski definition) is 0. The Morgan fingerprint density at radius 2 is 1.78 bits per heavy atom. The molecule has 0 aliphatic rings. The number of benzene rings is 2. The molecule has 0 bridgehead atoms. The van der Waals surface area contributed by atoms with Crippen molar-refractivity contribution in [1.29, 1.82) is 0 Å². The number of fused-ring (bicyclic) bond motifs is 1. The summed E-state index contributed by atoms with van der Waals surface area (Å²) in [5.74, 6) is 1.57. The van der Waals surface area contributed by atoms with Crippen LogP contribution in [-0.4, -0.2) is 13.7 Å². The Hall–Kier alpha value is -2.59. The molecule has 142 valence electrons. The SMILES string of the molecule is COCCC(C)c1oc2c(C)c(OCc3ccccc3)ccc2c(=O)c1C. The van der Waals surface area contributed by atoms with Gasteiger partial charge in [-0.3, -0.25) is 4.79 Å². The van der Waals surface area contributed by atoms with Crippen LogP contribution in [0.2, 0.25) is 0 Å². The highest BCUT2D eigenvalue weighted by atomic mass is 16.5. The zero-order valence-corrected chi connectivity index (χ0v) is 16.4. The summed E-state index contributed by atoms with van der Waals surface area (Å²) in [5, 5.41) is 0.597. The molecule has 0 N–H and O–H groups in total. The first-order valence-corrected chi connectivity index (χ1v) is 9.25. The number of ether oxygens (including phenoxy) is 2. The van der Waals surface area contributed by atoms with E-state index < -0.39 is 0 Å². The summed E-state index contributed by atoms with van der Waals surface area (Å²) in [6, 6.07) is 13.7. The second-order valence-electron chi connectivity index (χ2n) is 6.94. The summed E-state index contributed by atoms with van der Waals surface area (Å²) in [6.07, 6.45) is 0.801. The van der Waals surface area contributed by atoms with Crippen LogP contribution in [0.5, 0.6) is 5.75 Å². The van der Waals surface area contributed by atoms with E-state index in [9.17, 15) is 4.79 Å². The molecule has 0 amide bonds. The monoisotopic (exact) mass is 366 g/mol. The minimum Gasteiger partial charge on any atom is -0.488 e. The molecule has 3 rings (SSSR count). The first kappa shape index (κ1) is 19.2. The highest BCUT2D eigenvalue weighted by Gasteiger charge is 2.19. The van der Waals surface area contributed by atoms with Gasteiger partial charge in [0.2, 0.25) is 0 Å². The molecular weight excluding hydrogens is 340 g/mol. The van der Waals surface area contributed by atoms with Crippen LogP contribution in [0.4, 0.5) is 0 Å². The van der Waals surface area contributed by atoms with Crippen molar-refractivity contribution in [3.8, 4) is 5.75 Å². The van der Waals surface area contributed by atoms with Crippen molar-refractivity contribution in [2.24, 2.45) is 0 Å². The molecule has 0 saturated carbocycles. The minimum atomic E-state index is 0.0215. The fourth-order valence-electron chi connectivity index (χ4n) is 3.27. The molecule has 2 aromatic carbocycles. The van der Waals surface area contributed by atoms with Crippen LogP contribution in [0.25, 0.3) is 11.0 Å². The Morgan fingerprint density at radius 1 is 1.04 bits per heavy atom. The van der Waals surface area contributed by atoms with Gasteiger partial charge in [0.05, 0.1) is 5.39 Å². The second kappa shape index (κ2) is 8.40. The van der Waals surface area contributed by atoms with Crippen LogP contribution in [0.15, 0.2) is 51.7 Å². The van der Waals surface area contributed by atoms with Gasteiger partial charge in [0, 0.05) is 30.8 Å². The summed E-state index contributed by atoms with van der Waals surface area (Å²) in [7, 11) is 1.68. The number of methoxy groups -OCH3 is 1. The van der Waals surface area contributed by atoms with Crippen molar-refractivity contribution in [3.63, 3.8) is 0 Å². The fraction of sp³-hybridized carbons (Fsp3) is 0.348. The van der Waals surface area contributed by atoms with Crippen LogP contribution in [0.1, 0.15) is 41.7 Å². The van der Waals surface area contributed by atoms with E-state index in [2.05, 4.69) is 6.92 Å². The molecule has 0 radical (unpaired) electrons. The summed E-state index contributed by atoms with van der Waals surface area (Å²) in [6.45, 7) is 6.92. The van der Waals surface area contributed by atoms with Crippen molar-refractivity contribution in [2.75, 3.05) is 13.7 Å². The van der Waals surface area contributed by atoms with E-state index in [1.807, 2.05) is 50.2 Å². The molecule has 3 aromatic rings. The van der Waals surface area contributed by atoms with Gasteiger partial charge in [-0.15, -0.1) is 0 Å². The van der Waals surface area contributed by atoms with Crippen LogP contribution in [0, 0.1) is 13.8 Å². The van der Waals surface area contributed by atoms with Gasteiger partial charge in [0.1, 0.15) is 23.7 Å². The number of aryl methyl sites for hydroxylation is 1. The number of hydrogen-bond acceptors (Lipinski definition) is 4. The quantitative estimate of drug-likeness (QED) is 0.582. The summed E-state index contributed by atoms with van der Waals surface area (Å²) in [4.78, 5) is 12.8. The smallest absolute Gasteiger partial charge is 0.195 e. The third-order valence-corrected chi connectivity index (χ3v) is 4.96. The first-order chi connectivity index (χ1) is 13.0. The van der Waals surface area contributed by atoms with E-state index in [1.165, 1.54) is 0 Å². The zero-order valence-electron chi connectivity index (χ0n) is 16.4. The first-order valence-electron chi connectivity index (χ1n) is 9.25. The molecule has 0 aliphatic carbocycles. The van der Waals surface area contributed by atoms with Gasteiger partial charge < -0.3 is 13.9 Å². The largest absolute Gasteiger partial charge is 0.488 e. The predicted octanol–water partition coefficient (Wildman–Crippen LogP) is 5.13. The van der Waals surface area contributed by atoms with E-state index in [0.29, 0.717) is 29.7 Å². The number of rotatable bonds is 7. The molecule has 0 spiro atoms. The van der Waals surface area contributed by atoms with E-state index in [4.69, 9.17) is 13.9 Å². The van der Waals surface area contributed by atoms with Crippen molar-refractivity contribution >= 4 is 11.0 Å². The lowest BCUT2D eigenvalue weighted by atomic mass is 9.99. The lowest BCUT2D eigenvalue weighted by molar-refractivity contribution is 0.186. The van der Waals surface area contributed by atoms with Gasteiger partial charge in [0.15, 0.2) is 5.43 Å². The van der Waals surface area contributed by atoms with Crippen molar-refractivity contribution < 1.29 is 13.9 Å². The van der Waals surface area contributed by atoms with Crippen molar-refractivity contribution in [2.45, 2.75) is 39.7 Å².